The molecule has 0 spiro atoms. The van der Waals surface area contributed by atoms with Crippen molar-refractivity contribution < 1.29 is 14.0 Å². The average Bonchev–Trinajstić information content (AvgIpc) is 2.87. The van der Waals surface area contributed by atoms with Gasteiger partial charge in [0.15, 0.2) is 8.32 Å². The fourth-order valence-electron chi connectivity index (χ4n) is 4.54. The van der Waals surface area contributed by atoms with Crippen molar-refractivity contribution in [2.45, 2.75) is 97.3 Å². The standard InChI is InChI=1S/C32H48N4O4Si/c1-12-26(28(23-18-14-13-15-19-23)40-41(10,11)32(5,6)7)36(30(38)39-31(2,3)4)34(8)22-27-33-25-21-17-16-20-24(25)29(37)35(27)9/h13-21,26,28H,12,22H2,1-11H3/t26-,28-/m1/s1. The average molecular weight is 581 g/mol. The lowest BCUT2D eigenvalue weighted by molar-refractivity contribution is -0.0914. The molecule has 0 N–H and O–H groups in total. The van der Waals surface area contributed by atoms with Gasteiger partial charge < -0.3 is 9.16 Å². The first kappa shape index (κ1) is 32.5. The molecule has 0 saturated carbocycles. The summed E-state index contributed by atoms with van der Waals surface area (Å²) in [5.41, 5.74) is 0.796. The molecule has 3 rings (SSSR count). The molecule has 0 radical (unpaired) electrons. The second-order valence-corrected chi connectivity index (χ2v) is 18.0. The number of nitrogens with zero attached hydrogens (tertiary/aromatic N) is 4. The summed E-state index contributed by atoms with van der Waals surface area (Å²) in [7, 11) is 1.28. The third kappa shape index (κ3) is 7.64. The van der Waals surface area contributed by atoms with Crippen molar-refractivity contribution in [2.75, 3.05) is 7.05 Å². The third-order valence-corrected chi connectivity index (χ3v) is 12.3. The lowest BCUT2D eigenvalue weighted by Crippen LogP contribution is -2.56. The number of rotatable bonds is 9. The smallest absolute Gasteiger partial charge is 0.425 e. The fraction of sp³-hybridized carbons (Fsp3) is 0.531. The largest absolute Gasteiger partial charge is 0.443 e. The Balaban J connectivity index is 2.13. The van der Waals surface area contributed by atoms with E-state index in [4.69, 9.17) is 14.1 Å². The van der Waals surface area contributed by atoms with Crippen LogP contribution in [-0.4, -0.2) is 52.7 Å². The van der Waals surface area contributed by atoms with Gasteiger partial charge in [-0.3, -0.25) is 9.36 Å². The molecule has 1 amide bonds. The highest BCUT2D eigenvalue weighted by Gasteiger charge is 2.44. The van der Waals surface area contributed by atoms with Crippen LogP contribution in [0, 0.1) is 0 Å². The van der Waals surface area contributed by atoms with Crippen LogP contribution in [0.1, 0.15) is 72.4 Å². The van der Waals surface area contributed by atoms with Crippen LogP contribution in [0.25, 0.3) is 10.9 Å². The highest BCUT2D eigenvalue weighted by atomic mass is 28.4. The number of benzene rings is 2. The van der Waals surface area contributed by atoms with Gasteiger partial charge in [0.1, 0.15) is 11.4 Å². The van der Waals surface area contributed by atoms with Crippen LogP contribution in [0.3, 0.4) is 0 Å². The zero-order valence-corrected chi connectivity index (χ0v) is 27.7. The Labute approximate surface area is 246 Å². The summed E-state index contributed by atoms with van der Waals surface area (Å²) in [4.78, 5) is 31.9. The zero-order chi connectivity index (χ0) is 30.8. The Kier molecular flexibility index (Phi) is 9.88. The van der Waals surface area contributed by atoms with E-state index in [-0.39, 0.29) is 23.2 Å². The van der Waals surface area contributed by atoms with Gasteiger partial charge in [0, 0.05) is 14.1 Å². The quantitative estimate of drug-likeness (QED) is 0.199. The molecule has 41 heavy (non-hydrogen) atoms. The maximum absolute atomic E-state index is 14.0. The molecule has 8 nitrogen and oxygen atoms in total. The van der Waals surface area contributed by atoms with Gasteiger partial charge in [0.2, 0.25) is 0 Å². The summed E-state index contributed by atoms with van der Waals surface area (Å²) >= 11 is 0. The molecule has 0 unspecified atom stereocenters. The Morgan fingerprint density at radius 3 is 2.15 bits per heavy atom. The number of amides is 1. The molecule has 9 heteroatoms. The Bertz CT molecular complexity index is 1390. The summed E-state index contributed by atoms with van der Waals surface area (Å²) < 4.78 is 14.6. The zero-order valence-electron chi connectivity index (χ0n) is 26.7. The minimum absolute atomic E-state index is 0.0335. The monoisotopic (exact) mass is 580 g/mol. The van der Waals surface area contributed by atoms with Crippen LogP contribution < -0.4 is 5.56 Å². The SMILES string of the molecule is CC[C@H]([C@H](O[Si](C)(C)C(C)(C)C)c1ccccc1)N(C(=O)OC(C)(C)C)N(C)Cc1nc2ccccc2c(=O)n1C. The molecule has 1 heterocycles. The molecular formula is C32H48N4O4Si. The van der Waals surface area contributed by atoms with Gasteiger partial charge in [-0.25, -0.2) is 19.8 Å². The summed E-state index contributed by atoms with van der Waals surface area (Å²) in [6.45, 7) is 19.0. The van der Waals surface area contributed by atoms with Crippen LogP contribution in [0.5, 0.6) is 0 Å². The molecule has 0 aliphatic carbocycles. The van der Waals surface area contributed by atoms with Crippen molar-refractivity contribution in [3.05, 3.63) is 76.3 Å². The Hall–Kier alpha value is -3.01. The van der Waals surface area contributed by atoms with E-state index in [1.165, 1.54) is 0 Å². The number of aromatic nitrogens is 2. The third-order valence-electron chi connectivity index (χ3n) is 7.83. The highest BCUT2D eigenvalue weighted by Crippen LogP contribution is 2.42. The van der Waals surface area contributed by atoms with Gasteiger partial charge in [0.05, 0.1) is 29.6 Å². The number of carbonyl (C=O) groups excluding carboxylic acids is 1. The van der Waals surface area contributed by atoms with Gasteiger partial charge in [-0.2, -0.15) is 0 Å². The van der Waals surface area contributed by atoms with Crippen molar-refractivity contribution >= 4 is 25.3 Å². The second-order valence-electron chi connectivity index (χ2n) is 13.2. The molecule has 0 aliphatic heterocycles. The molecule has 2 atom stereocenters. The number of ether oxygens (including phenoxy) is 1. The molecule has 2 aromatic carbocycles. The van der Waals surface area contributed by atoms with E-state index in [1.54, 1.807) is 22.7 Å². The molecule has 224 valence electrons. The highest BCUT2D eigenvalue weighted by molar-refractivity contribution is 6.74. The van der Waals surface area contributed by atoms with Crippen molar-refractivity contribution in [3.63, 3.8) is 0 Å². The van der Waals surface area contributed by atoms with Gasteiger partial charge in [0.25, 0.3) is 5.56 Å². The van der Waals surface area contributed by atoms with E-state index >= 15 is 0 Å². The van der Waals surface area contributed by atoms with E-state index in [2.05, 4.69) is 52.9 Å². The first-order chi connectivity index (χ1) is 19.0. The predicted molar refractivity (Wildman–Crippen MR) is 168 cm³/mol. The summed E-state index contributed by atoms with van der Waals surface area (Å²) in [6.07, 6.45) is -0.259. The summed E-state index contributed by atoms with van der Waals surface area (Å²) in [5.74, 6) is 0.543. The molecule has 1 aromatic heterocycles. The predicted octanol–water partition coefficient (Wildman–Crippen LogP) is 7.06. The number of hydrazine groups is 1. The lowest BCUT2D eigenvalue weighted by atomic mass is 10.00. The van der Waals surface area contributed by atoms with Crippen molar-refractivity contribution in [3.8, 4) is 0 Å². The molecular weight excluding hydrogens is 532 g/mol. The van der Waals surface area contributed by atoms with Gasteiger partial charge >= 0.3 is 6.09 Å². The lowest BCUT2D eigenvalue weighted by Gasteiger charge is -2.46. The normalized spacial score (nSPS) is 14.2. The maximum Gasteiger partial charge on any atom is 0.425 e. The van der Waals surface area contributed by atoms with E-state index in [0.717, 1.165) is 5.56 Å². The fourth-order valence-corrected chi connectivity index (χ4v) is 5.83. The molecule has 3 aromatic rings. The number of carbonyl (C=O) groups is 1. The van der Waals surface area contributed by atoms with Crippen molar-refractivity contribution in [1.29, 1.82) is 0 Å². The Morgan fingerprint density at radius 2 is 1.59 bits per heavy atom. The molecule has 0 fully saturated rings. The van der Waals surface area contributed by atoms with Gasteiger partial charge in [-0.15, -0.1) is 0 Å². The second kappa shape index (κ2) is 12.5. The van der Waals surface area contributed by atoms with E-state index < -0.39 is 26.1 Å². The Morgan fingerprint density at radius 1 is 1.00 bits per heavy atom. The van der Waals surface area contributed by atoms with Crippen LogP contribution in [0.15, 0.2) is 59.4 Å². The van der Waals surface area contributed by atoms with E-state index in [9.17, 15) is 9.59 Å². The maximum atomic E-state index is 14.0. The molecule has 0 saturated heterocycles. The summed E-state index contributed by atoms with van der Waals surface area (Å²) in [5, 5.41) is 4.00. The first-order valence-corrected chi connectivity index (χ1v) is 17.3. The topological polar surface area (TPSA) is 76.9 Å². The number of para-hydroxylation sites is 1. The minimum Gasteiger partial charge on any atom is -0.443 e. The van der Waals surface area contributed by atoms with E-state index in [0.29, 0.717) is 23.1 Å². The van der Waals surface area contributed by atoms with Crippen LogP contribution in [0.4, 0.5) is 4.79 Å². The first-order valence-electron chi connectivity index (χ1n) is 14.4. The molecule has 0 bridgehead atoms. The number of hydrogen-bond acceptors (Lipinski definition) is 6. The summed E-state index contributed by atoms with van der Waals surface area (Å²) in [6, 6.07) is 17.0. The van der Waals surface area contributed by atoms with Crippen LogP contribution in [-0.2, 0) is 22.8 Å². The number of hydrogen-bond donors (Lipinski definition) is 0. The van der Waals surface area contributed by atoms with Crippen molar-refractivity contribution in [2.24, 2.45) is 7.05 Å². The molecule has 0 aliphatic rings. The van der Waals surface area contributed by atoms with Crippen molar-refractivity contribution in [1.82, 2.24) is 19.6 Å². The van der Waals surface area contributed by atoms with E-state index in [1.807, 2.05) is 69.2 Å². The number of fused-ring (bicyclic) bond motifs is 1. The van der Waals surface area contributed by atoms with Crippen LogP contribution in [0.2, 0.25) is 18.1 Å². The van der Waals surface area contributed by atoms with Gasteiger partial charge in [-0.05, 0) is 63.0 Å². The minimum atomic E-state index is -2.27. The van der Waals surface area contributed by atoms with Crippen LogP contribution >= 0.6 is 0 Å². The van der Waals surface area contributed by atoms with Gasteiger partial charge in [-0.1, -0.05) is 70.2 Å².